The zero-order valence-electron chi connectivity index (χ0n) is 14.2. The summed E-state index contributed by atoms with van der Waals surface area (Å²) < 4.78 is 1.02. The first-order valence-electron chi connectivity index (χ1n) is 8.90. The lowest BCUT2D eigenvalue weighted by Crippen LogP contribution is -2.46. The molecular formula is C19H25BrN2O2. The zero-order chi connectivity index (χ0) is 17.2. The fraction of sp³-hybridized carbons (Fsp3) is 0.579. The molecule has 1 aromatic carbocycles. The Labute approximate surface area is 152 Å². The van der Waals surface area contributed by atoms with Crippen LogP contribution >= 0.6 is 15.9 Å². The quantitative estimate of drug-likeness (QED) is 0.835. The molecule has 3 rings (SSSR count). The maximum atomic E-state index is 13.1. The van der Waals surface area contributed by atoms with Gasteiger partial charge in [0.25, 0.3) is 0 Å². The maximum absolute atomic E-state index is 13.1. The third-order valence-electron chi connectivity index (χ3n) is 5.24. The first kappa shape index (κ1) is 17.5. The number of likely N-dealkylation sites (tertiary alicyclic amines) is 1. The van der Waals surface area contributed by atoms with Crippen molar-refractivity contribution in [3.63, 3.8) is 0 Å². The van der Waals surface area contributed by atoms with Gasteiger partial charge in [0.15, 0.2) is 0 Å². The topological polar surface area (TPSA) is 49.4 Å². The van der Waals surface area contributed by atoms with Crippen LogP contribution in [0.25, 0.3) is 0 Å². The summed E-state index contributed by atoms with van der Waals surface area (Å²) in [7, 11) is 0. The van der Waals surface area contributed by atoms with Crippen LogP contribution in [0.1, 0.15) is 44.6 Å². The molecule has 2 amide bonds. The molecule has 0 atom stereocenters. The van der Waals surface area contributed by atoms with Crippen molar-refractivity contribution in [2.24, 2.45) is 5.92 Å². The van der Waals surface area contributed by atoms with E-state index in [2.05, 4.69) is 40.3 Å². The third-order valence-corrected chi connectivity index (χ3v) is 5.73. The molecule has 0 unspecified atom stereocenters. The van der Waals surface area contributed by atoms with Crippen LogP contribution in [-0.4, -0.2) is 36.3 Å². The SMILES string of the molecule is CCCNC(=O)C1CCN(C(=O)C2(c3cccc(Br)c3)CC2)CC1. The molecule has 0 spiro atoms. The Kier molecular flexibility index (Phi) is 5.28. The van der Waals surface area contributed by atoms with Gasteiger partial charge in [0, 0.05) is 30.0 Å². The Morgan fingerprint density at radius 1 is 1.29 bits per heavy atom. The summed E-state index contributed by atoms with van der Waals surface area (Å²) in [4.78, 5) is 27.1. The first-order chi connectivity index (χ1) is 11.6. The molecule has 1 aliphatic heterocycles. The minimum Gasteiger partial charge on any atom is -0.356 e. The van der Waals surface area contributed by atoms with E-state index in [0.29, 0.717) is 13.1 Å². The Morgan fingerprint density at radius 2 is 2.00 bits per heavy atom. The molecule has 130 valence electrons. The van der Waals surface area contributed by atoms with Crippen LogP contribution < -0.4 is 5.32 Å². The lowest BCUT2D eigenvalue weighted by atomic mass is 9.91. The van der Waals surface area contributed by atoms with Gasteiger partial charge in [-0.1, -0.05) is 35.0 Å². The fourth-order valence-corrected chi connectivity index (χ4v) is 3.98. The van der Waals surface area contributed by atoms with Crippen molar-refractivity contribution in [2.75, 3.05) is 19.6 Å². The number of carbonyl (C=O) groups is 2. The van der Waals surface area contributed by atoms with Gasteiger partial charge in [-0.3, -0.25) is 9.59 Å². The molecule has 2 fully saturated rings. The van der Waals surface area contributed by atoms with Crippen molar-refractivity contribution in [3.8, 4) is 0 Å². The van der Waals surface area contributed by atoms with Gasteiger partial charge >= 0.3 is 0 Å². The van der Waals surface area contributed by atoms with Crippen molar-refractivity contribution in [1.29, 1.82) is 0 Å². The molecule has 1 saturated carbocycles. The van der Waals surface area contributed by atoms with Gasteiger partial charge in [0.1, 0.15) is 0 Å². The standard InChI is InChI=1S/C19H25BrN2O2/c1-2-10-21-17(23)14-6-11-22(12-7-14)18(24)19(8-9-19)15-4-3-5-16(20)13-15/h3-5,13-14H,2,6-12H2,1H3,(H,21,23). The number of hydrogen-bond donors (Lipinski definition) is 1. The molecule has 0 bridgehead atoms. The largest absolute Gasteiger partial charge is 0.356 e. The van der Waals surface area contributed by atoms with Crippen molar-refractivity contribution >= 4 is 27.7 Å². The van der Waals surface area contributed by atoms with Gasteiger partial charge in [-0.15, -0.1) is 0 Å². The second-order valence-corrected chi connectivity index (χ2v) is 7.87. The number of nitrogens with one attached hydrogen (secondary N) is 1. The van der Waals surface area contributed by atoms with Gasteiger partial charge in [-0.25, -0.2) is 0 Å². The van der Waals surface area contributed by atoms with E-state index in [1.165, 1.54) is 0 Å². The fourth-order valence-electron chi connectivity index (χ4n) is 3.58. The van der Waals surface area contributed by atoms with Crippen LogP contribution in [0, 0.1) is 5.92 Å². The average molecular weight is 393 g/mol. The van der Waals surface area contributed by atoms with Crippen LogP contribution in [0.3, 0.4) is 0 Å². The number of piperidine rings is 1. The summed E-state index contributed by atoms with van der Waals surface area (Å²) in [5.74, 6) is 0.451. The van der Waals surface area contributed by atoms with Crippen LogP contribution in [0.15, 0.2) is 28.7 Å². The number of halogens is 1. The van der Waals surface area contributed by atoms with E-state index in [1.807, 2.05) is 17.0 Å². The Balaban J connectivity index is 1.60. The Bertz CT molecular complexity index is 620. The van der Waals surface area contributed by atoms with E-state index >= 15 is 0 Å². The smallest absolute Gasteiger partial charge is 0.233 e. The van der Waals surface area contributed by atoms with E-state index in [1.54, 1.807) is 0 Å². The molecule has 1 aromatic rings. The van der Waals surface area contributed by atoms with Gasteiger partial charge < -0.3 is 10.2 Å². The summed E-state index contributed by atoms with van der Waals surface area (Å²) in [6.45, 7) is 4.18. The lowest BCUT2D eigenvalue weighted by Gasteiger charge is -2.34. The van der Waals surface area contributed by atoms with Crippen LogP contribution in [0.4, 0.5) is 0 Å². The van der Waals surface area contributed by atoms with E-state index in [4.69, 9.17) is 0 Å². The lowest BCUT2D eigenvalue weighted by molar-refractivity contribution is -0.137. The summed E-state index contributed by atoms with van der Waals surface area (Å²) in [5, 5.41) is 2.97. The minimum absolute atomic E-state index is 0.0571. The molecule has 4 nitrogen and oxygen atoms in total. The first-order valence-corrected chi connectivity index (χ1v) is 9.69. The predicted octanol–water partition coefficient (Wildman–Crippen LogP) is 3.25. The zero-order valence-corrected chi connectivity index (χ0v) is 15.8. The molecule has 1 aliphatic carbocycles. The van der Waals surface area contributed by atoms with Crippen molar-refractivity contribution < 1.29 is 9.59 Å². The number of benzene rings is 1. The van der Waals surface area contributed by atoms with Crippen LogP contribution in [0.5, 0.6) is 0 Å². The molecule has 0 radical (unpaired) electrons. The highest BCUT2D eigenvalue weighted by atomic mass is 79.9. The summed E-state index contributed by atoms with van der Waals surface area (Å²) >= 11 is 3.50. The molecule has 1 heterocycles. The minimum atomic E-state index is -0.318. The number of hydrogen-bond acceptors (Lipinski definition) is 2. The molecule has 24 heavy (non-hydrogen) atoms. The Morgan fingerprint density at radius 3 is 2.58 bits per heavy atom. The molecular weight excluding hydrogens is 368 g/mol. The molecule has 0 aromatic heterocycles. The average Bonchev–Trinajstić information content (AvgIpc) is 3.41. The summed E-state index contributed by atoms with van der Waals surface area (Å²) in [6, 6.07) is 8.11. The molecule has 5 heteroatoms. The highest BCUT2D eigenvalue weighted by molar-refractivity contribution is 9.10. The summed E-state index contributed by atoms with van der Waals surface area (Å²) in [5.41, 5.74) is 0.797. The van der Waals surface area contributed by atoms with Crippen molar-refractivity contribution in [1.82, 2.24) is 10.2 Å². The normalized spacial score (nSPS) is 19.8. The van der Waals surface area contributed by atoms with Crippen molar-refractivity contribution in [3.05, 3.63) is 34.3 Å². The van der Waals surface area contributed by atoms with Gasteiger partial charge in [-0.05, 0) is 49.8 Å². The second-order valence-electron chi connectivity index (χ2n) is 6.95. The predicted molar refractivity (Wildman–Crippen MR) is 97.7 cm³/mol. The number of rotatable bonds is 5. The molecule has 1 N–H and O–H groups in total. The summed E-state index contributed by atoms with van der Waals surface area (Å²) in [6.07, 6.45) is 4.36. The number of nitrogens with zero attached hydrogens (tertiary/aromatic N) is 1. The molecule has 1 saturated heterocycles. The highest BCUT2D eigenvalue weighted by Crippen LogP contribution is 2.50. The van der Waals surface area contributed by atoms with Gasteiger partial charge in [0.05, 0.1) is 5.41 Å². The molecule has 2 aliphatic rings. The maximum Gasteiger partial charge on any atom is 0.233 e. The van der Waals surface area contributed by atoms with Crippen molar-refractivity contribution in [2.45, 2.75) is 44.4 Å². The van der Waals surface area contributed by atoms with E-state index in [-0.39, 0.29) is 23.1 Å². The Hall–Kier alpha value is -1.36. The monoisotopic (exact) mass is 392 g/mol. The third kappa shape index (κ3) is 3.51. The van der Waals surface area contributed by atoms with Crippen LogP contribution in [-0.2, 0) is 15.0 Å². The van der Waals surface area contributed by atoms with Gasteiger partial charge in [-0.2, -0.15) is 0 Å². The van der Waals surface area contributed by atoms with Gasteiger partial charge in [0.2, 0.25) is 11.8 Å². The van der Waals surface area contributed by atoms with E-state index < -0.39 is 0 Å². The highest BCUT2D eigenvalue weighted by Gasteiger charge is 2.53. The second kappa shape index (κ2) is 7.26. The van der Waals surface area contributed by atoms with E-state index in [9.17, 15) is 9.59 Å². The van der Waals surface area contributed by atoms with E-state index in [0.717, 1.165) is 48.7 Å². The number of carbonyl (C=O) groups excluding carboxylic acids is 2. The number of amides is 2. The van der Waals surface area contributed by atoms with Crippen LogP contribution in [0.2, 0.25) is 0 Å².